The number of esters is 1. The summed E-state index contributed by atoms with van der Waals surface area (Å²) in [5, 5.41) is 21.0. The zero-order chi connectivity index (χ0) is 51.7. The fourth-order valence-electron chi connectivity index (χ4n) is 11.1. The Labute approximate surface area is 425 Å². The second-order valence-electron chi connectivity index (χ2n) is 21.5. The molecule has 5 aliphatic heterocycles. The quantitative estimate of drug-likeness (QED) is 0.133. The number of benzene rings is 1. The van der Waals surface area contributed by atoms with Gasteiger partial charge >= 0.3 is 12.1 Å². The molecule has 22 nitrogen and oxygen atoms in total. The zero-order valence-electron chi connectivity index (χ0n) is 43.0. The number of fused-ring (bicyclic) bond motifs is 5. The van der Waals surface area contributed by atoms with Gasteiger partial charge in [0.25, 0.3) is 5.91 Å². The monoisotopic (exact) mass is 1010 g/mol. The normalized spacial score (nSPS) is 23.4. The van der Waals surface area contributed by atoms with Crippen LogP contribution in [0.4, 0.5) is 28.3 Å². The topological polar surface area (TPSA) is 246 Å². The molecule has 3 aromatic rings. The van der Waals surface area contributed by atoms with Crippen molar-refractivity contribution in [2.75, 3.05) is 87.3 Å². The largest absolute Gasteiger partial charge is 0.468 e. The molecule has 1 aromatic carbocycles. The molecule has 4 unspecified atom stereocenters. The van der Waals surface area contributed by atoms with Gasteiger partial charge in [-0.2, -0.15) is 9.97 Å². The summed E-state index contributed by atoms with van der Waals surface area (Å²) in [5.74, 6) is 3.35. The van der Waals surface area contributed by atoms with Crippen LogP contribution in [0, 0.1) is 11.8 Å². The van der Waals surface area contributed by atoms with Gasteiger partial charge in [0, 0.05) is 97.5 Å². The summed E-state index contributed by atoms with van der Waals surface area (Å²) in [5.41, 5.74) is 1.55. The number of hydrogen-bond acceptors (Lipinski definition) is 18. The maximum absolute atomic E-state index is 13.6. The maximum Gasteiger partial charge on any atom is 0.410 e. The number of aliphatic hydroxyl groups is 1. The number of piperidine rings is 2. The van der Waals surface area contributed by atoms with Crippen molar-refractivity contribution in [2.24, 2.45) is 11.8 Å². The fourth-order valence-corrected chi connectivity index (χ4v) is 11.1. The van der Waals surface area contributed by atoms with Gasteiger partial charge in [-0.25, -0.2) is 19.6 Å². The average molecular weight is 1010 g/mol. The highest BCUT2D eigenvalue weighted by molar-refractivity contribution is 5.93. The minimum absolute atomic E-state index is 0.0238. The van der Waals surface area contributed by atoms with E-state index in [0.717, 1.165) is 43.5 Å². The van der Waals surface area contributed by atoms with Crippen LogP contribution in [0.3, 0.4) is 0 Å². The van der Waals surface area contributed by atoms with E-state index >= 15 is 0 Å². The highest BCUT2D eigenvalue weighted by atomic mass is 16.7. The molecule has 4 saturated heterocycles. The van der Waals surface area contributed by atoms with Crippen molar-refractivity contribution in [3.8, 4) is 5.75 Å². The number of aliphatic hydroxyl groups excluding tert-OH is 1. The molecule has 2 saturated carbocycles. The van der Waals surface area contributed by atoms with Gasteiger partial charge in [0.2, 0.25) is 23.7 Å². The third-order valence-corrected chi connectivity index (χ3v) is 15.0. The molecular weight excluding hydrogens is 941 g/mol. The van der Waals surface area contributed by atoms with Gasteiger partial charge in [0.05, 0.1) is 31.3 Å². The number of nitrogens with zero attached hydrogens (tertiary/aromatic N) is 9. The van der Waals surface area contributed by atoms with Crippen LogP contribution in [0.5, 0.6) is 5.75 Å². The first-order valence-corrected chi connectivity index (χ1v) is 25.5. The molecule has 4 N–H and O–H groups in total. The van der Waals surface area contributed by atoms with Gasteiger partial charge in [-0.1, -0.05) is 6.07 Å². The molecule has 7 aliphatic rings. The molecule has 10 rings (SSSR count). The van der Waals surface area contributed by atoms with Crippen LogP contribution in [0.1, 0.15) is 105 Å². The van der Waals surface area contributed by atoms with Crippen molar-refractivity contribution in [1.82, 2.24) is 40.0 Å². The summed E-state index contributed by atoms with van der Waals surface area (Å²) >= 11 is 0. The number of likely N-dealkylation sites (tertiary alicyclic amines) is 2. The molecule has 7 heterocycles. The number of methoxy groups -OCH3 is 2. The predicted molar refractivity (Wildman–Crippen MR) is 268 cm³/mol. The van der Waals surface area contributed by atoms with Gasteiger partial charge in [0.1, 0.15) is 28.7 Å². The van der Waals surface area contributed by atoms with Crippen LogP contribution in [0.25, 0.3) is 0 Å². The first kappa shape index (κ1) is 51.4. The van der Waals surface area contributed by atoms with Gasteiger partial charge in [-0.05, 0) is 101 Å². The molecule has 0 spiro atoms. The second-order valence-corrected chi connectivity index (χ2v) is 21.5. The lowest BCUT2D eigenvalue weighted by atomic mass is 9.91. The number of carbonyl (C=O) groups excluding carboxylic acids is 5. The second kappa shape index (κ2) is 21.5. The van der Waals surface area contributed by atoms with E-state index in [0.29, 0.717) is 85.8 Å². The SMILES string of the molecule is COC(=O)c1cc(NC2CN(C(C)=O)C2)nc(N2CC3CCC2C3)n1.COCOc1ccc2c(c1)CN(C(=O)OC(C)(C)C)[C@H]([C@H](O)CNC(=O)c1cc(NC3CN(C(C)=O)C3)nc(N3CC4CCC3C4)n1)C2. The van der Waals surface area contributed by atoms with E-state index in [9.17, 15) is 29.1 Å². The fraction of sp³-hybridized carbons (Fsp3) is 0.627. The number of amides is 4. The Morgan fingerprint density at radius 2 is 1.30 bits per heavy atom. The van der Waals surface area contributed by atoms with Crippen LogP contribution in [0.2, 0.25) is 0 Å². The van der Waals surface area contributed by atoms with Gasteiger partial charge in [-0.15, -0.1) is 0 Å². The Hall–Kier alpha value is -6.55. The van der Waals surface area contributed by atoms with Crippen molar-refractivity contribution in [3.05, 3.63) is 52.8 Å². The summed E-state index contributed by atoms with van der Waals surface area (Å²) < 4.78 is 21.2. The molecule has 73 heavy (non-hydrogen) atoms. The van der Waals surface area contributed by atoms with E-state index < -0.39 is 35.7 Å². The summed E-state index contributed by atoms with van der Waals surface area (Å²) in [7, 11) is 2.90. The van der Waals surface area contributed by atoms with Gasteiger partial charge < -0.3 is 59.6 Å². The van der Waals surface area contributed by atoms with E-state index in [-0.39, 0.29) is 55.2 Å². The molecule has 0 radical (unpaired) electrons. The first-order valence-electron chi connectivity index (χ1n) is 25.5. The van der Waals surface area contributed by atoms with Crippen molar-refractivity contribution >= 4 is 53.3 Å². The van der Waals surface area contributed by atoms with Crippen LogP contribution >= 0.6 is 0 Å². The minimum Gasteiger partial charge on any atom is -0.468 e. The number of nitrogens with one attached hydrogen (secondary N) is 3. The van der Waals surface area contributed by atoms with Gasteiger partial charge in [0.15, 0.2) is 12.5 Å². The molecule has 2 aliphatic carbocycles. The van der Waals surface area contributed by atoms with E-state index in [1.165, 1.54) is 31.3 Å². The average Bonchev–Trinajstić information content (AvgIpc) is 4.18. The third kappa shape index (κ3) is 12.0. The minimum atomic E-state index is -1.10. The van der Waals surface area contributed by atoms with Crippen LogP contribution < -0.4 is 30.5 Å². The lowest BCUT2D eigenvalue weighted by Gasteiger charge is -2.40. The van der Waals surface area contributed by atoms with E-state index in [1.54, 1.807) is 63.7 Å². The lowest BCUT2D eigenvalue weighted by molar-refractivity contribution is -0.133. The molecule has 4 bridgehead atoms. The summed E-state index contributed by atoms with van der Waals surface area (Å²) in [4.78, 5) is 89.9. The molecule has 394 valence electrons. The molecule has 6 atom stereocenters. The van der Waals surface area contributed by atoms with Crippen molar-refractivity contribution in [1.29, 1.82) is 0 Å². The number of ether oxygens (including phenoxy) is 4. The highest BCUT2D eigenvalue weighted by Gasteiger charge is 2.42. The first-order chi connectivity index (χ1) is 34.9. The smallest absolute Gasteiger partial charge is 0.410 e. The standard InChI is InChI=1S/C34H47N7O7.C17H23N5O3/c1-20(42)39-17-24(18-39)36-30-13-27(37-32(38-30)40-15-21-6-8-25(40)10-21)31(44)35-14-29(43)28-12-22-7-9-26(47-19-46-5)11-23(22)16-41(28)33(45)48-34(2,3)4;1-10(23)21-8-12(9-21)18-15-6-14(16(24)25-2)19-17(20-15)22-7-11-3-4-13(22)5-11/h7,9,11,13,21,24-25,28-29,43H,6,8,10,12,14-19H2,1-5H3,(H,35,44)(H,36,37,38);6,11-13H,3-5,7-9H2,1-2H3,(H,18,19,20)/t21?,25?,28-,29+;/m0./s1. The Morgan fingerprint density at radius 1 is 0.740 bits per heavy atom. The summed E-state index contributed by atoms with van der Waals surface area (Å²) in [6.45, 7) is 12.9. The van der Waals surface area contributed by atoms with Crippen LogP contribution in [-0.2, 0) is 36.8 Å². The van der Waals surface area contributed by atoms with Crippen molar-refractivity contribution < 1.29 is 48.0 Å². The molecular formula is C51H70N12O10. The Morgan fingerprint density at radius 3 is 1.79 bits per heavy atom. The summed E-state index contributed by atoms with van der Waals surface area (Å²) in [6.07, 6.45) is 5.70. The third-order valence-electron chi connectivity index (χ3n) is 15.0. The maximum atomic E-state index is 13.6. The van der Waals surface area contributed by atoms with Gasteiger partial charge in [-0.3, -0.25) is 19.3 Å². The zero-order valence-corrected chi connectivity index (χ0v) is 43.0. The molecule has 4 amide bonds. The van der Waals surface area contributed by atoms with Crippen molar-refractivity contribution in [2.45, 2.75) is 128 Å². The number of aromatic nitrogens is 4. The summed E-state index contributed by atoms with van der Waals surface area (Å²) in [6, 6.07) is 9.21. The molecule has 22 heteroatoms. The van der Waals surface area contributed by atoms with E-state index in [2.05, 4.69) is 40.7 Å². The van der Waals surface area contributed by atoms with E-state index in [1.807, 2.05) is 18.2 Å². The highest BCUT2D eigenvalue weighted by Crippen LogP contribution is 2.41. The van der Waals surface area contributed by atoms with Crippen LogP contribution in [0.15, 0.2) is 30.3 Å². The van der Waals surface area contributed by atoms with Crippen LogP contribution in [-0.4, -0.2) is 178 Å². The number of anilines is 4. The molecule has 2 aromatic heterocycles. The number of hydrogen-bond donors (Lipinski definition) is 4. The predicted octanol–water partition coefficient (Wildman–Crippen LogP) is 3.44. The van der Waals surface area contributed by atoms with E-state index in [4.69, 9.17) is 23.9 Å². The molecule has 6 fully saturated rings. The van der Waals surface area contributed by atoms with Crippen molar-refractivity contribution in [3.63, 3.8) is 0 Å². The number of carbonyl (C=O) groups is 5. The lowest BCUT2D eigenvalue weighted by Crippen LogP contribution is -2.56. The number of rotatable bonds is 14. The Kier molecular flexibility index (Phi) is 15.1. The Balaban J connectivity index is 0.000000219. The Bertz CT molecular complexity index is 2550.